The van der Waals surface area contributed by atoms with Crippen LogP contribution in [0.25, 0.3) is 0 Å². The summed E-state index contributed by atoms with van der Waals surface area (Å²) in [6.45, 7) is 1.21. The van der Waals surface area contributed by atoms with Crippen molar-refractivity contribution in [1.29, 1.82) is 0 Å². The first-order chi connectivity index (χ1) is 10.1. The van der Waals surface area contributed by atoms with Crippen LogP contribution in [0.5, 0.6) is 0 Å². The van der Waals surface area contributed by atoms with Gasteiger partial charge < -0.3 is 15.3 Å². The van der Waals surface area contributed by atoms with Gasteiger partial charge in [-0.05, 0) is 24.7 Å². The first-order valence-corrected chi connectivity index (χ1v) is 6.84. The van der Waals surface area contributed by atoms with Crippen LogP contribution in [0.4, 0.5) is 4.39 Å². The molecule has 0 bridgehead atoms. The van der Waals surface area contributed by atoms with Gasteiger partial charge in [0.2, 0.25) is 5.91 Å². The summed E-state index contributed by atoms with van der Waals surface area (Å²) in [5, 5.41) is 11.3. The summed E-state index contributed by atoms with van der Waals surface area (Å²) in [5.41, 5.74) is 1.27. The normalized spacial score (nSPS) is 10.1. The Kier molecular flexibility index (Phi) is 7.44. The standard InChI is InChI=1S/C16H21FN2O2/c1-18-16(21)8-9-19(2)12-13-6-7-15(17)14(11-13)5-3-4-10-20/h6-7,11,20H,4,8-10,12H2,1-2H3,(H,18,21). The predicted octanol–water partition coefficient (Wildman–Crippen LogP) is 1.13. The third-order valence-corrected chi connectivity index (χ3v) is 2.94. The van der Waals surface area contributed by atoms with Crippen LogP contribution in [0, 0.1) is 17.7 Å². The summed E-state index contributed by atoms with van der Waals surface area (Å²) in [4.78, 5) is 13.2. The van der Waals surface area contributed by atoms with E-state index in [0.29, 0.717) is 31.5 Å². The first kappa shape index (κ1) is 17.2. The van der Waals surface area contributed by atoms with E-state index in [1.165, 1.54) is 6.07 Å². The highest BCUT2D eigenvalue weighted by atomic mass is 19.1. The summed E-state index contributed by atoms with van der Waals surface area (Å²) < 4.78 is 13.6. The molecule has 0 unspecified atom stereocenters. The fraction of sp³-hybridized carbons (Fsp3) is 0.438. The Bertz CT molecular complexity index is 535. The van der Waals surface area contributed by atoms with E-state index in [-0.39, 0.29) is 18.3 Å². The van der Waals surface area contributed by atoms with Gasteiger partial charge in [0.1, 0.15) is 5.82 Å². The number of halogens is 1. The number of hydrogen-bond donors (Lipinski definition) is 2. The summed E-state index contributed by atoms with van der Waals surface area (Å²) in [5.74, 6) is 5.07. The minimum atomic E-state index is -0.364. The van der Waals surface area contributed by atoms with Gasteiger partial charge in [0.15, 0.2) is 0 Å². The van der Waals surface area contributed by atoms with Crippen molar-refractivity contribution in [2.45, 2.75) is 19.4 Å². The highest BCUT2D eigenvalue weighted by Gasteiger charge is 2.06. The molecule has 0 saturated carbocycles. The van der Waals surface area contributed by atoms with Gasteiger partial charge in [-0.2, -0.15) is 0 Å². The number of carbonyl (C=O) groups is 1. The van der Waals surface area contributed by atoms with Crippen LogP contribution in [0.3, 0.4) is 0 Å². The zero-order valence-electron chi connectivity index (χ0n) is 12.4. The van der Waals surface area contributed by atoms with Crippen LogP contribution in [-0.2, 0) is 11.3 Å². The molecule has 1 aromatic rings. The van der Waals surface area contributed by atoms with Gasteiger partial charge in [0.05, 0.1) is 12.2 Å². The molecule has 1 aromatic carbocycles. The van der Waals surface area contributed by atoms with Gasteiger partial charge in [-0.1, -0.05) is 17.9 Å². The Labute approximate surface area is 125 Å². The number of hydrogen-bond acceptors (Lipinski definition) is 3. The van der Waals surface area contributed by atoms with Crippen LogP contribution in [0.2, 0.25) is 0 Å². The molecule has 1 amide bonds. The van der Waals surface area contributed by atoms with Crippen molar-refractivity contribution in [1.82, 2.24) is 10.2 Å². The van der Waals surface area contributed by atoms with Crippen LogP contribution < -0.4 is 5.32 Å². The zero-order chi connectivity index (χ0) is 15.7. The van der Waals surface area contributed by atoms with E-state index in [1.807, 2.05) is 11.9 Å². The quantitative estimate of drug-likeness (QED) is 0.773. The molecule has 0 radical (unpaired) electrons. The topological polar surface area (TPSA) is 52.6 Å². The second-order valence-electron chi connectivity index (χ2n) is 4.75. The van der Waals surface area contributed by atoms with Crippen LogP contribution in [0.1, 0.15) is 24.0 Å². The molecule has 0 saturated heterocycles. The summed E-state index contributed by atoms with van der Waals surface area (Å²) in [7, 11) is 3.52. The molecule has 0 aromatic heterocycles. The van der Waals surface area contributed by atoms with Gasteiger partial charge in [0.25, 0.3) is 0 Å². The maximum Gasteiger partial charge on any atom is 0.221 e. The van der Waals surface area contributed by atoms with E-state index in [1.54, 1.807) is 19.2 Å². The van der Waals surface area contributed by atoms with Crippen LogP contribution >= 0.6 is 0 Å². The fourth-order valence-electron chi connectivity index (χ4n) is 1.79. The highest BCUT2D eigenvalue weighted by Crippen LogP contribution is 2.11. The van der Waals surface area contributed by atoms with E-state index >= 15 is 0 Å². The largest absolute Gasteiger partial charge is 0.395 e. The summed E-state index contributed by atoms with van der Waals surface area (Å²) in [6, 6.07) is 4.81. The maximum atomic E-state index is 13.6. The SMILES string of the molecule is CNC(=O)CCN(C)Cc1ccc(F)c(C#CCCO)c1. The maximum absolute atomic E-state index is 13.6. The van der Waals surface area contributed by atoms with Crippen molar-refractivity contribution in [2.75, 3.05) is 27.2 Å². The number of amides is 1. The molecule has 0 aliphatic rings. The number of nitrogens with zero attached hydrogens (tertiary/aromatic N) is 1. The highest BCUT2D eigenvalue weighted by molar-refractivity contribution is 5.75. The van der Waals surface area contributed by atoms with Gasteiger partial charge in [-0.3, -0.25) is 4.79 Å². The Morgan fingerprint density at radius 3 is 2.90 bits per heavy atom. The molecule has 0 aliphatic carbocycles. The number of aliphatic hydroxyl groups is 1. The van der Waals surface area contributed by atoms with Gasteiger partial charge in [-0.25, -0.2) is 4.39 Å². The molecule has 114 valence electrons. The van der Waals surface area contributed by atoms with Crippen LogP contribution in [0.15, 0.2) is 18.2 Å². The molecule has 0 aliphatic heterocycles. The van der Waals surface area contributed by atoms with E-state index in [4.69, 9.17) is 5.11 Å². The van der Waals surface area contributed by atoms with Gasteiger partial charge >= 0.3 is 0 Å². The molecule has 0 heterocycles. The molecule has 2 N–H and O–H groups in total. The molecular weight excluding hydrogens is 271 g/mol. The van der Waals surface area contributed by atoms with E-state index in [0.717, 1.165) is 5.56 Å². The lowest BCUT2D eigenvalue weighted by Gasteiger charge is -2.16. The van der Waals surface area contributed by atoms with Crippen molar-refractivity contribution >= 4 is 5.91 Å². The van der Waals surface area contributed by atoms with Crippen molar-refractivity contribution < 1.29 is 14.3 Å². The molecule has 0 fully saturated rings. The third kappa shape index (κ3) is 6.39. The number of aliphatic hydroxyl groups excluding tert-OH is 1. The molecule has 5 heteroatoms. The van der Waals surface area contributed by atoms with Crippen molar-refractivity contribution in [3.63, 3.8) is 0 Å². The van der Waals surface area contributed by atoms with E-state index in [9.17, 15) is 9.18 Å². The number of benzene rings is 1. The average molecular weight is 292 g/mol. The Hall–Kier alpha value is -1.90. The van der Waals surface area contributed by atoms with Crippen molar-refractivity contribution in [3.8, 4) is 11.8 Å². The third-order valence-electron chi connectivity index (χ3n) is 2.94. The molecule has 4 nitrogen and oxygen atoms in total. The lowest BCUT2D eigenvalue weighted by atomic mass is 10.1. The molecule has 1 rings (SSSR count). The van der Waals surface area contributed by atoms with Crippen LogP contribution in [-0.4, -0.2) is 43.2 Å². The number of nitrogens with one attached hydrogen (secondary N) is 1. The second-order valence-corrected chi connectivity index (χ2v) is 4.75. The molecular formula is C16H21FN2O2. The minimum absolute atomic E-state index is 0.00323. The van der Waals surface area contributed by atoms with Gasteiger partial charge in [0, 0.05) is 33.0 Å². The lowest BCUT2D eigenvalue weighted by Crippen LogP contribution is -2.26. The Morgan fingerprint density at radius 2 is 2.24 bits per heavy atom. The lowest BCUT2D eigenvalue weighted by molar-refractivity contribution is -0.120. The van der Waals surface area contributed by atoms with E-state index in [2.05, 4.69) is 17.2 Å². The molecule has 21 heavy (non-hydrogen) atoms. The van der Waals surface area contributed by atoms with Crippen molar-refractivity contribution in [3.05, 3.63) is 35.1 Å². The monoisotopic (exact) mass is 292 g/mol. The number of rotatable bonds is 6. The summed E-state index contributed by atoms with van der Waals surface area (Å²) >= 11 is 0. The molecule has 0 atom stereocenters. The van der Waals surface area contributed by atoms with Gasteiger partial charge in [-0.15, -0.1) is 0 Å². The smallest absolute Gasteiger partial charge is 0.221 e. The fourth-order valence-corrected chi connectivity index (χ4v) is 1.79. The predicted molar refractivity (Wildman–Crippen MR) is 80.0 cm³/mol. The molecule has 0 spiro atoms. The number of carbonyl (C=O) groups excluding carboxylic acids is 1. The van der Waals surface area contributed by atoms with Crippen molar-refractivity contribution in [2.24, 2.45) is 0 Å². The zero-order valence-corrected chi connectivity index (χ0v) is 12.4. The second kappa shape index (κ2) is 9.11. The first-order valence-electron chi connectivity index (χ1n) is 6.84. The van der Waals surface area contributed by atoms with E-state index < -0.39 is 0 Å². The Morgan fingerprint density at radius 1 is 1.48 bits per heavy atom. The Balaban J connectivity index is 2.65. The minimum Gasteiger partial charge on any atom is -0.395 e. The summed E-state index contributed by atoms with van der Waals surface area (Å²) in [6.07, 6.45) is 0.757. The average Bonchev–Trinajstić information content (AvgIpc) is 2.48.